The average Bonchev–Trinajstić information content (AvgIpc) is 2.96. The van der Waals surface area contributed by atoms with E-state index in [1.165, 1.54) is 0 Å². The van der Waals surface area contributed by atoms with Gasteiger partial charge >= 0.3 is 0 Å². The molecule has 1 heterocycles. The highest BCUT2D eigenvalue weighted by Crippen LogP contribution is 2.33. The maximum atomic E-state index is 12.6. The average molecular weight is 350 g/mol. The molecule has 0 radical (unpaired) electrons. The van der Waals surface area contributed by atoms with Gasteiger partial charge in [-0.25, -0.2) is 0 Å². The first-order chi connectivity index (χ1) is 12.2. The third-order valence-electron chi connectivity index (χ3n) is 4.75. The Bertz CT molecular complexity index is 878. The lowest BCUT2D eigenvalue weighted by molar-refractivity contribution is -0.125. The van der Waals surface area contributed by atoms with E-state index < -0.39 is 5.41 Å². The van der Waals surface area contributed by atoms with Crippen LogP contribution in [-0.4, -0.2) is 18.4 Å². The fraction of sp³-hybridized carbons (Fsp3) is 0.364. The molecule has 0 saturated heterocycles. The Hall–Kier alpha value is -2.62. The van der Waals surface area contributed by atoms with Crippen LogP contribution in [0.25, 0.3) is 0 Å². The molecule has 2 aromatic carbocycles. The highest BCUT2D eigenvalue weighted by molar-refractivity contribution is 6.06. The zero-order chi connectivity index (χ0) is 19.1. The summed E-state index contributed by atoms with van der Waals surface area (Å²) in [5.41, 5.74) is 5.19. The third-order valence-corrected chi connectivity index (χ3v) is 4.75. The van der Waals surface area contributed by atoms with Gasteiger partial charge in [-0.3, -0.25) is 9.59 Å². The Balaban J connectivity index is 1.80. The SMILES string of the molecule is Cc1ccc(C(=O)Nc2ccc3c(c2)CCN3C(=O)C(C)(C)C)c(C)c1. The number of rotatable bonds is 2. The van der Waals surface area contributed by atoms with Gasteiger partial charge in [0.25, 0.3) is 5.91 Å². The van der Waals surface area contributed by atoms with Gasteiger partial charge in [-0.2, -0.15) is 0 Å². The fourth-order valence-electron chi connectivity index (χ4n) is 3.36. The van der Waals surface area contributed by atoms with Gasteiger partial charge in [0.15, 0.2) is 0 Å². The molecule has 0 aromatic heterocycles. The highest BCUT2D eigenvalue weighted by Gasteiger charge is 2.32. The number of carbonyl (C=O) groups excluding carboxylic acids is 2. The van der Waals surface area contributed by atoms with Gasteiger partial charge in [0, 0.05) is 28.9 Å². The van der Waals surface area contributed by atoms with E-state index in [-0.39, 0.29) is 11.8 Å². The van der Waals surface area contributed by atoms with E-state index in [0.717, 1.165) is 34.5 Å². The van der Waals surface area contributed by atoms with Crippen LogP contribution in [0, 0.1) is 19.3 Å². The molecule has 0 aliphatic carbocycles. The largest absolute Gasteiger partial charge is 0.322 e. The van der Waals surface area contributed by atoms with Crippen LogP contribution in [0.15, 0.2) is 36.4 Å². The Morgan fingerprint density at radius 1 is 1.04 bits per heavy atom. The summed E-state index contributed by atoms with van der Waals surface area (Å²) in [6, 6.07) is 11.6. The molecule has 4 nitrogen and oxygen atoms in total. The molecule has 0 saturated carbocycles. The Kier molecular flexibility index (Phi) is 4.61. The summed E-state index contributed by atoms with van der Waals surface area (Å²) in [6.07, 6.45) is 0.810. The van der Waals surface area contributed by atoms with Gasteiger partial charge in [-0.15, -0.1) is 0 Å². The van der Waals surface area contributed by atoms with E-state index in [9.17, 15) is 9.59 Å². The fourth-order valence-corrected chi connectivity index (χ4v) is 3.36. The monoisotopic (exact) mass is 350 g/mol. The Morgan fingerprint density at radius 3 is 2.42 bits per heavy atom. The number of anilines is 2. The van der Waals surface area contributed by atoms with Crippen molar-refractivity contribution in [3.63, 3.8) is 0 Å². The molecule has 3 rings (SSSR count). The minimum atomic E-state index is -0.405. The minimum Gasteiger partial charge on any atom is -0.322 e. The number of nitrogens with one attached hydrogen (secondary N) is 1. The molecular weight excluding hydrogens is 324 g/mol. The van der Waals surface area contributed by atoms with Gasteiger partial charge in [0.1, 0.15) is 0 Å². The predicted octanol–water partition coefficient (Wildman–Crippen LogP) is 4.49. The number of nitrogens with zero attached hydrogens (tertiary/aromatic N) is 1. The standard InChI is InChI=1S/C22H26N2O2/c1-14-6-8-18(15(2)12-14)20(25)23-17-7-9-19-16(13-17)10-11-24(19)21(26)22(3,4)5/h6-9,12-13H,10-11H2,1-5H3,(H,23,25). The molecule has 0 fully saturated rings. The van der Waals surface area contributed by atoms with Crippen molar-refractivity contribution in [2.24, 2.45) is 5.41 Å². The summed E-state index contributed by atoms with van der Waals surface area (Å²) in [4.78, 5) is 27.0. The molecule has 0 atom stereocenters. The topological polar surface area (TPSA) is 49.4 Å². The number of hydrogen-bond acceptors (Lipinski definition) is 2. The van der Waals surface area contributed by atoms with Crippen molar-refractivity contribution in [1.82, 2.24) is 0 Å². The van der Waals surface area contributed by atoms with Crippen molar-refractivity contribution >= 4 is 23.2 Å². The molecule has 0 spiro atoms. The molecule has 1 N–H and O–H groups in total. The second-order valence-electron chi connectivity index (χ2n) is 8.07. The lowest BCUT2D eigenvalue weighted by atomic mass is 9.94. The summed E-state index contributed by atoms with van der Waals surface area (Å²) in [5, 5.41) is 2.98. The normalized spacial score (nSPS) is 13.5. The van der Waals surface area contributed by atoms with Crippen LogP contribution in [0.1, 0.15) is 47.8 Å². The minimum absolute atomic E-state index is 0.108. The van der Waals surface area contributed by atoms with Gasteiger partial charge in [-0.05, 0) is 55.7 Å². The number of hydrogen-bond donors (Lipinski definition) is 1. The van der Waals surface area contributed by atoms with Crippen molar-refractivity contribution < 1.29 is 9.59 Å². The molecule has 4 heteroatoms. The molecule has 26 heavy (non-hydrogen) atoms. The molecule has 2 amide bonds. The van der Waals surface area contributed by atoms with Crippen LogP contribution in [0.3, 0.4) is 0 Å². The van der Waals surface area contributed by atoms with Crippen molar-refractivity contribution in [1.29, 1.82) is 0 Å². The smallest absolute Gasteiger partial charge is 0.255 e. The summed E-state index contributed by atoms with van der Waals surface area (Å²) >= 11 is 0. The van der Waals surface area contributed by atoms with Crippen LogP contribution < -0.4 is 10.2 Å². The quantitative estimate of drug-likeness (QED) is 0.867. The van der Waals surface area contributed by atoms with E-state index in [4.69, 9.17) is 0 Å². The zero-order valence-corrected chi connectivity index (χ0v) is 16.1. The van der Waals surface area contributed by atoms with Crippen LogP contribution in [0.2, 0.25) is 0 Å². The highest BCUT2D eigenvalue weighted by atomic mass is 16.2. The lowest BCUT2D eigenvalue weighted by Crippen LogP contribution is -2.38. The number of amides is 2. The van der Waals surface area contributed by atoms with Gasteiger partial charge in [-0.1, -0.05) is 38.5 Å². The number of benzene rings is 2. The van der Waals surface area contributed by atoms with Crippen LogP contribution in [0.5, 0.6) is 0 Å². The molecule has 136 valence electrons. The van der Waals surface area contributed by atoms with E-state index in [0.29, 0.717) is 12.1 Å². The van der Waals surface area contributed by atoms with Crippen molar-refractivity contribution in [2.75, 3.05) is 16.8 Å². The summed E-state index contributed by atoms with van der Waals surface area (Å²) in [6.45, 7) is 10.5. The maximum absolute atomic E-state index is 12.6. The molecule has 0 bridgehead atoms. The molecule has 0 unspecified atom stereocenters. The first-order valence-corrected chi connectivity index (χ1v) is 9.00. The van der Waals surface area contributed by atoms with Gasteiger partial charge < -0.3 is 10.2 Å². The van der Waals surface area contributed by atoms with Crippen molar-refractivity contribution in [2.45, 2.75) is 41.0 Å². The van der Waals surface area contributed by atoms with Crippen LogP contribution in [-0.2, 0) is 11.2 Å². The molecule has 2 aromatic rings. The van der Waals surface area contributed by atoms with Crippen molar-refractivity contribution in [3.8, 4) is 0 Å². The first-order valence-electron chi connectivity index (χ1n) is 9.00. The van der Waals surface area contributed by atoms with Crippen LogP contribution >= 0.6 is 0 Å². The number of fused-ring (bicyclic) bond motifs is 1. The predicted molar refractivity (Wildman–Crippen MR) is 106 cm³/mol. The number of carbonyl (C=O) groups is 2. The second kappa shape index (κ2) is 6.60. The zero-order valence-electron chi connectivity index (χ0n) is 16.1. The maximum Gasteiger partial charge on any atom is 0.255 e. The molecular formula is C22H26N2O2. The van der Waals surface area contributed by atoms with E-state index in [1.54, 1.807) is 0 Å². The van der Waals surface area contributed by atoms with E-state index in [1.807, 2.05) is 75.9 Å². The second-order valence-corrected chi connectivity index (χ2v) is 8.07. The molecule has 1 aliphatic rings. The summed E-state index contributed by atoms with van der Waals surface area (Å²) in [7, 11) is 0. The first kappa shape index (κ1) is 18.2. The van der Waals surface area contributed by atoms with E-state index >= 15 is 0 Å². The molecule has 1 aliphatic heterocycles. The van der Waals surface area contributed by atoms with Gasteiger partial charge in [0.2, 0.25) is 5.91 Å². The van der Waals surface area contributed by atoms with E-state index in [2.05, 4.69) is 5.32 Å². The van der Waals surface area contributed by atoms with Crippen molar-refractivity contribution in [3.05, 3.63) is 58.7 Å². The van der Waals surface area contributed by atoms with Crippen LogP contribution in [0.4, 0.5) is 11.4 Å². The van der Waals surface area contributed by atoms with Gasteiger partial charge in [0.05, 0.1) is 0 Å². The Labute approximate surface area is 155 Å². The lowest BCUT2D eigenvalue weighted by Gasteiger charge is -2.26. The summed E-state index contributed by atoms with van der Waals surface area (Å²) in [5.74, 6) is 0.0198. The number of aryl methyl sites for hydroxylation is 2. The Morgan fingerprint density at radius 2 is 1.77 bits per heavy atom. The summed E-state index contributed by atoms with van der Waals surface area (Å²) < 4.78 is 0. The third kappa shape index (κ3) is 3.50.